The van der Waals surface area contributed by atoms with Crippen LogP contribution in [0.4, 0.5) is 10.7 Å². The molecule has 0 fully saturated rings. The van der Waals surface area contributed by atoms with Crippen LogP contribution in [0.15, 0.2) is 0 Å². The molecule has 0 bridgehead atoms. The zero-order valence-electron chi connectivity index (χ0n) is 12.2. The molecular weight excluding hydrogens is 260 g/mol. The highest BCUT2D eigenvalue weighted by molar-refractivity contribution is 7.17. The summed E-state index contributed by atoms with van der Waals surface area (Å²) in [5.41, 5.74) is 6.37. The topological polar surface area (TPSA) is 74.3 Å². The molecule has 0 aliphatic heterocycles. The number of ether oxygens (including phenoxy) is 1. The predicted octanol–water partition coefficient (Wildman–Crippen LogP) is 2.35. The van der Waals surface area contributed by atoms with Gasteiger partial charge in [0, 0.05) is 12.6 Å². The second kappa shape index (κ2) is 6.64. The molecule has 1 aromatic heterocycles. The maximum atomic E-state index is 9.04. The Labute approximate surface area is 119 Å². The van der Waals surface area contributed by atoms with Crippen molar-refractivity contribution in [1.29, 1.82) is 5.26 Å². The van der Waals surface area contributed by atoms with Gasteiger partial charge in [0.05, 0.1) is 6.10 Å². The molecule has 6 heteroatoms. The van der Waals surface area contributed by atoms with Crippen molar-refractivity contribution in [1.82, 2.24) is 4.90 Å². The Balaban J connectivity index is 2.90. The molecular formula is C13H22N4OS. The molecule has 0 saturated heterocycles. The van der Waals surface area contributed by atoms with Crippen molar-refractivity contribution in [2.75, 3.05) is 31.7 Å². The van der Waals surface area contributed by atoms with Crippen LogP contribution in [0.1, 0.15) is 25.6 Å². The number of rotatable bonds is 6. The van der Waals surface area contributed by atoms with Gasteiger partial charge in [0.25, 0.3) is 0 Å². The number of nitrogen functional groups attached to an aromatic ring is 1. The highest BCUT2D eigenvalue weighted by atomic mass is 32.1. The molecule has 1 atom stereocenters. The lowest BCUT2D eigenvalue weighted by Crippen LogP contribution is -2.31. The van der Waals surface area contributed by atoms with Gasteiger partial charge in [0.1, 0.15) is 21.6 Å². The van der Waals surface area contributed by atoms with E-state index in [0.29, 0.717) is 22.4 Å². The second-order valence-corrected chi connectivity index (χ2v) is 6.00. The van der Waals surface area contributed by atoms with Gasteiger partial charge in [-0.15, -0.1) is 11.3 Å². The molecule has 19 heavy (non-hydrogen) atoms. The van der Waals surface area contributed by atoms with Gasteiger partial charge in [-0.3, -0.25) is 0 Å². The molecule has 0 spiro atoms. The first-order chi connectivity index (χ1) is 8.86. The summed E-state index contributed by atoms with van der Waals surface area (Å²) in [7, 11) is 4.06. The van der Waals surface area contributed by atoms with E-state index in [-0.39, 0.29) is 6.10 Å². The van der Waals surface area contributed by atoms with Crippen molar-refractivity contribution < 1.29 is 4.74 Å². The SMILES string of the molecule is CC(C)Oc1c(NCC(C)N(C)C)sc(C#N)c1N. The number of thiophene rings is 1. The average Bonchev–Trinajstić information content (AvgIpc) is 2.63. The monoisotopic (exact) mass is 282 g/mol. The second-order valence-electron chi connectivity index (χ2n) is 4.98. The molecule has 0 amide bonds. The third kappa shape index (κ3) is 4.01. The molecule has 0 aliphatic rings. The number of nitrogens with two attached hydrogens (primary N) is 1. The van der Waals surface area contributed by atoms with E-state index in [1.807, 2.05) is 27.9 Å². The maximum absolute atomic E-state index is 9.04. The van der Waals surface area contributed by atoms with Crippen LogP contribution < -0.4 is 15.8 Å². The minimum atomic E-state index is 0.0234. The number of hydrogen-bond donors (Lipinski definition) is 2. The van der Waals surface area contributed by atoms with Gasteiger partial charge in [-0.2, -0.15) is 5.26 Å². The summed E-state index contributed by atoms with van der Waals surface area (Å²) in [4.78, 5) is 2.62. The maximum Gasteiger partial charge on any atom is 0.178 e. The van der Waals surface area contributed by atoms with Crippen molar-refractivity contribution in [3.8, 4) is 11.8 Å². The number of hydrogen-bond acceptors (Lipinski definition) is 6. The first-order valence-electron chi connectivity index (χ1n) is 6.26. The molecule has 1 rings (SSSR count). The predicted molar refractivity (Wildman–Crippen MR) is 80.8 cm³/mol. The lowest BCUT2D eigenvalue weighted by molar-refractivity contribution is 0.245. The summed E-state index contributed by atoms with van der Waals surface area (Å²) >= 11 is 1.34. The van der Waals surface area contributed by atoms with Gasteiger partial charge in [-0.05, 0) is 34.9 Å². The van der Waals surface area contributed by atoms with E-state index in [1.54, 1.807) is 0 Å². The van der Waals surface area contributed by atoms with Gasteiger partial charge in [-0.1, -0.05) is 0 Å². The lowest BCUT2D eigenvalue weighted by atomic mass is 10.3. The molecule has 0 aliphatic carbocycles. The van der Waals surface area contributed by atoms with E-state index in [2.05, 4.69) is 23.2 Å². The molecule has 106 valence electrons. The highest BCUT2D eigenvalue weighted by Gasteiger charge is 2.19. The lowest BCUT2D eigenvalue weighted by Gasteiger charge is -2.20. The van der Waals surface area contributed by atoms with Gasteiger partial charge in [0.2, 0.25) is 0 Å². The van der Waals surface area contributed by atoms with Crippen LogP contribution in [0.25, 0.3) is 0 Å². The third-order valence-electron chi connectivity index (χ3n) is 2.79. The van der Waals surface area contributed by atoms with Crippen LogP contribution in [0.5, 0.6) is 5.75 Å². The summed E-state index contributed by atoms with van der Waals surface area (Å²) in [6.07, 6.45) is 0.0234. The Hall–Kier alpha value is -1.45. The number of anilines is 2. The van der Waals surface area contributed by atoms with Crippen LogP contribution in [-0.4, -0.2) is 37.7 Å². The standard InChI is InChI=1S/C13H22N4OS/c1-8(2)18-12-11(15)10(6-14)19-13(12)16-7-9(3)17(4)5/h8-9,16H,7,15H2,1-5H3. The third-order valence-corrected chi connectivity index (χ3v) is 3.84. The van der Waals surface area contributed by atoms with Crippen LogP contribution in [0.2, 0.25) is 0 Å². The molecule has 1 aromatic rings. The van der Waals surface area contributed by atoms with E-state index in [9.17, 15) is 0 Å². The Morgan fingerprint density at radius 1 is 1.42 bits per heavy atom. The Bertz CT molecular complexity index is 462. The zero-order valence-corrected chi connectivity index (χ0v) is 13.0. The summed E-state index contributed by atoms with van der Waals surface area (Å²) in [6, 6.07) is 2.48. The van der Waals surface area contributed by atoms with Crippen molar-refractivity contribution in [2.45, 2.75) is 32.9 Å². The summed E-state index contributed by atoms with van der Waals surface area (Å²) < 4.78 is 5.71. The molecule has 0 saturated carbocycles. The molecule has 5 nitrogen and oxygen atoms in total. The minimum Gasteiger partial charge on any atom is -0.486 e. The molecule has 1 unspecified atom stereocenters. The first kappa shape index (κ1) is 15.6. The van der Waals surface area contributed by atoms with Crippen LogP contribution >= 0.6 is 11.3 Å². The fourth-order valence-corrected chi connectivity index (χ4v) is 2.26. The number of nitrogens with one attached hydrogen (secondary N) is 1. The van der Waals surface area contributed by atoms with E-state index >= 15 is 0 Å². The van der Waals surface area contributed by atoms with E-state index in [1.165, 1.54) is 11.3 Å². The summed E-state index contributed by atoms with van der Waals surface area (Å²) in [5.74, 6) is 0.600. The van der Waals surface area contributed by atoms with Crippen molar-refractivity contribution >= 4 is 22.0 Å². The van der Waals surface area contributed by atoms with Crippen molar-refractivity contribution in [3.63, 3.8) is 0 Å². The van der Waals surface area contributed by atoms with Crippen LogP contribution in [-0.2, 0) is 0 Å². The number of likely N-dealkylation sites (N-methyl/N-ethyl adjacent to an activating group) is 1. The Kier molecular flexibility index (Phi) is 5.45. The fraction of sp³-hybridized carbons (Fsp3) is 0.615. The molecule has 1 heterocycles. The normalized spacial score (nSPS) is 12.5. The smallest absolute Gasteiger partial charge is 0.178 e. The van der Waals surface area contributed by atoms with Gasteiger partial charge < -0.3 is 20.7 Å². The van der Waals surface area contributed by atoms with Gasteiger partial charge in [-0.25, -0.2) is 0 Å². The van der Waals surface area contributed by atoms with Crippen LogP contribution in [0, 0.1) is 11.3 Å². The van der Waals surface area contributed by atoms with E-state index < -0.39 is 0 Å². The van der Waals surface area contributed by atoms with Gasteiger partial charge in [0.15, 0.2) is 5.75 Å². The van der Waals surface area contributed by atoms with Crippen LogP contribution in [0.3, 0.4) is 0 Å². The molecule has 3 N–H and O–H groups in total. The first-order valence-corrected chi connectivity index (χ1v) is 7.07. The van der Waals surface area contributed by atoms with Gasteiger partial charge >= 0.3 is 0 Å². The summed E-state index contributed by atoms with van der Waals surface area (Å²) in [6.45, 7) is 6.77. The highest BCUT2D eigenvalue weighted by Crippen LogP contribution is 2.42. The Morgan fingerprint density at radius 3 is 2.53 bits per heavy atom. The molecule has 0 aromatic carbocycles. The zero-order chi connectivity index (χ0) is 14.6. The number of nitrogens with zero attached hydrogens (tertiary/aromatic N) is 2. The van der Waals surface area contributed by atoms with Crippen molar-refractivity contribution in [2.24, 2.45) is 0 Å². The quantitative estimate of drug-likeness (QED) is 0.837. The van der Waals surface area contributed by atoms with E-state index in [4.69, 9.17) is 15.7 Å². The minimum absolute atomic E-state index is 0.0234. The summed E-state index contributed by atoms with van der Waals surface area (Å²) in [5, 5.41) is 13.2. The van der Waals surface area contributed by atoms with Crippen molar-refractivity contribution in [3.05, 3.63) is 4.88 Å². The van der Waals surface area contributed by atoms with E-state index in [0.717, 1.165) is 11.5 Å². The average molecular weight is 282 g/mol. The largest absolute Gasteiger partial charge is 0.486 e. The molecule has 0 radical (unpaired) electrons. The fourth-order valence-electron chi connectivity index (χ4n) is 1.40. The number of nitriles is 1. The Morgan fingerprint density at radius 2 is 2.05 bits per heavy atom.